The molecule has 1 aromatic carbocycles. The standard InChI is InChI=1S/C14H11ClN2O4S2/c15-8-1-2-9-7(5-8)6-10-13(9)14(10)16-23(20,21)12-4-3-11(22-12)17(18)19/h1-5,10,13-14,16H,6H2. The number of nitrogens with zero attached hydrogens (tertiary/aromatic N) is 1. The number of nitrogens with one attached hydrogen (secondary N) is 1. The van der Waals surface area contributed by atoms with Crippen molar-refractivity contribution in [3.8, 4) is 0 Å². The van der Waals surface area contributed by atoms with Crippen molar-refractivity contribution in [2.45, 2.75) is 22.6 Å². The largest absolute Gasteiger partial charge is 0.325 e. The van der Waals surface area contributed by atoms with Gasteiger partial charge in [0.25, 0.3) is 10.0 Å². The zero-order valence-corrected chi connectivity index (χ0v) is 14.0. The topological polar surface area (TPSA) is 89.3 Å². The van der Waals surface area contributed by atoms with Crippen molar-refractivity contribution < 1.29 is 13.3 Å². The van der Waals surface area contributed by atoms with Gasteiger partial charge in [0.1, 0.15) is 4.21 Å². The molecule has 23 heavy (non-hydrogen) atoms. The van der Waals surface area contributed by atoms with Crippen molar-refractivity contribution in [1.82, 2.24) is 4.72 Å². The molecule has 2 aliphatic rings. The maximum absolute atomic E-state index is 12.4. The predicted molar refractivity (Wildman–Crippen MR) is 86.5 cm³/mol. The van der Waals surface area contributed by atoms with Gasteiger partial charge in [-0.1, -0.05) is 17.7 Å². The van der Waals surface area contributed by atoms with E-state index >= 15 is 0 Å². The fraction of sp³-hybridized carbons (Fsp3) is 0.286. The minimum atomic E-state index is -3.72. The normalized spacial score (nSPS) is 25.0. The van der Waals surface area contributed by atoms with E-state index in [2.05, 4.69) is 4.72 Å². The minimum absolute atomic E-state index is 0.0227. The lowest BCUT2D eigenvalue weighted by Crippen LogP contribution is -2.28. The quantitative estimate of drug-likeness (QED) is 0.661. The van der Waals surface area contributed by atoms with E-state index in [1.165, 1.54) is 17.7 Å². The number of hydrogen-bond donors (Lipinski definition) is 1. The summed E-state index contributed by atoms with van der Waals surface area (Å²) in [5.74, 6) is 0.417. The zero-order valence-electron chi connectivity index (χ0n) is 11.6. The Balaban J connectivity index is 1.54. The van der Waals surface area contributed by atoms with Gasteiger partial charge in [0.05, 0.1) is 4.92 Å². The molecule has 120 valence electrons. The van der Waals surface area contributed by atoms with E-state index in [0.29, 0.717) is 16.4 Å². The smallest absolute Gasteiger partial charge is 0.258 e. The number of hydrogen-bond acceptors (Lipinski definition) is 5. The molecule has 0 bridgehead atoms. The molecule has 6 nitrogen and oxygen atoms in total. The fourth-order valence-corrected chi connectivity index (χ4v) is 5.96. The van der Waals surface area contributed by atoms with Gasteiger partial charge in [0.2, 0.25) is 0 Å². The molecule has 0 saturated heterocycles. The van der Waals surface area contributed by atoms with Gasteiger partial charge in [-0.15, -0.1) is 0 Å². The number of thiophene rings is 1. The van der Waals surface area contributed by atoms with Gasteiger partial charge in [-0.2, -0.15) is 0 Å². The van der Waals surface area contributed by atoms with Crippen LogP contribution in [0, 0.1) is 16.0 Å². The molecule has 3 unspecified atom stereocenters. The number of nitro groups is 1. The summed E-state index contributed by atoms with van der Waals surface area (Å²) in [5.41, 5.74) is 2.32. The third-order valence-corrected chi connectivity index (χ3v) is 7.61. The first-order valence-electron chi connectivity index (χ1n) is 6.92. The van der Waals surface area contributed by atoms with Crippen LogP contribution in [0.3, 0.4) is 0 Å². The van der Waals surface area contributed by atoms with Crippen LogP contribution in [-0.4, -0.2) is 19.4 Å². The fourth-order valence-electron chi connectivity index (χ4n) is 3.33. The van der Waals surface area contributed by atoms with Crippen LogP contribution < -0.4 is 4.72 Å². The highest BCUT2D eigenvalue weighted by molar-refractivity contribution is 7.91. The van der Waals surface area contributed by atoms with E-state index < -0.39 is 14.9 Å². The van der Waals surface area contributed by atoms with Gasteiger partial charge >= 0.3 is 5.00 Å². The molecular weight excluding hydrogens is 360 g/mol. The van der Waals surface area contributed by atoms with E-state index in [9.17, 15) is 18.5 Å². The highest BCUT2D eigenvalue weighted by atomic mass is 35.5. The molecule has 1 N–H and O–H groups in total. The third-order valence-electron chi connectivity index (χ3n) is 4.39. The Hall–Kier alpha value is -1.48. The van der Waals surface area contributed by atoms with Crippen molar-refractivity contribution in [2.24, 2.45) is 5.92 Å². The summed E-state index contributed by atoms with van der Waals surface area (Å²) in [5, 5.41) is 11.2. The average Bonchev–Trinajstić information content (AvgIpc) is 2.91. The van der Waals surface area contributed by atoms with Crippen LogP contribution in [-0.2, 0) is 16.4 Å². The third kappa shape index (κ3) is 2.46. The number of fused-ring (bicyclic) bond motifs is 3. The SMILES string of the molecule is O=[N+]([O-])c1ccc(S(=O)(=O)NC2C3Cc4cc(Cl)ccc4C32)s1. The van der Waals surface area contributed by atoms with Crippen LogP contribution in [0.5, 0.6) is 0 Å². The van der Waals surface area contributed by atoms with Crippen LogP contribution in [0.25, 0.3) is 0 Å². The predicted octanol–water partition coefficient (Wildman–Crippen LogP) is 2.93. The van der Waals surface area contributed by atoms with Crippen LogP contribution in [0.1, 0.15) is 17.0 Å². The van der Waals surface area contributed by atoms with Gasteiger partial charge in [0, 0.05) is 23.0 Å². The second-order valence-electron chi connectivity index (χ2n) is 5.73. The van der Waals surface area contributed by atoms with E-state index in [1.54, 1.807) is 0 Å². The molecule has 1 saturated carbocycles. The van der Waals surface area contributed by atoms with Gasteiger partial charge in [0.15, 0.2) is 0 Å². The van der Waals surface area contributed by atoms with Gasteiger partial charge < -0.3 is 0 Å². The Labute approximate surface area is 141 Å². The molecule has 1 heterocycles. The van der Waals surface area contributed by atoms with Crippen molar-refractivity contribution in [1.29, 1.82) is 0 Å². The first-order chi connectivity index (χ1) is 10.9. The Kier molecular flexibility index (Phi) is 3.28. The average molecular weight is 371 g/mol. The van der Waals surface area contributed by atoms with E-state index in [4.69, 9.17) is 11.6 Å². The molecule has 4 rings (SSSR count). The zero-order chi connectivity index (χ0) is 16.4. The van der Waals surface area contributed by atoms with Crippen LogP contribution >= 0.6 is 22.9 Å². The minimum Gasteiger partial charge on any atom is -0.258 e. The maximum Gasteiger partial charge on any atom is 0.325 e. The Bertz CT molecular complexity index is 925. The molecular formula is C14H11ClN2O4S2. The summed E-state index contributed by atoms with van der Waals surface area (Å²) in [6, 6.07) is 8.04. The number of sulfonamides is 1. The van der Waals surface area contributed by atoms with Crippen LogP contribution in [0.4, 0.5) is 5.00 Å². The highest BCUT2D eigenvalue weighted by Crippen LogP contribution is 2.57. The lowest BCUT2D eigenvalue weighted by Gasteiger charge is -2.09. The van der Waals surface area contributed by atoms with Crippen molar-refractivity contribution >= 4 is 38.0 Å². The lowest BCUT2D eigenvalue weighted by molar-refractivity contribution is -0.380. The van der Waals surface area contributed by atoms with E-state index in [0.717, 1.165) is 12.0 Å². The molecule has 9 heteroatoms. The highest BCUT2D eigenvalue weighted by Gasteiger charge is 2.57. The first kappa shape index (κ1) is 15.1. The molecule has 3 atom stereocenters. The molecule has 1 aromatic heterocycles. The molecule has 0 radical (unpaired) electrons. The number of benzene rings is 1. The molecule has 1 fully saturated rings. The van der Waals surface area contributed by atoms with Crippen molar-refractivity contribution in [3.63, 3.8) is 0 Å². The Morgan fingerprint density at radius 1 is 1.30 bits per heavy atom. The summed E-state index contributed by atoms with van der Waals surface area (Å²) in [6.45, 7) is 0. The molecule has 2 aromatic rings. The summed E-state index contributed by atoms with van der Waals surface area (Å²) < 4.78 is 27.4. The maximum atomic E-state index is 12.4. The number of rotatable bonds is 4. The van der Waals surface area contributed by atoms with Crippen molar-refractivity contribution in [2.75, 3.05) is 0 Å². The summed E-state index contributed by atoms with van der Waals surface area (Å²) in [6.07, 6.45) is 0.804. The van der Waals surface area contributed by atoms with Crippen LogP contribution in [0.15, 0.2) is 34.5 Å². The van der Waals surface area contributed by atoms with E-state index in [1.807, 2.05) is 18.2 Å². The second kappa shape index (κ2) is 5.01. The number of halogens is 1. The second-order valence-corrected chi connectivity index (χ2v) is 9.17. The molecule has 0 amide bonds. The lowest BCUT2D eigenvalue weighted by atomic mass is 10.1. The Morgan fingerprint density at radius 3 is 2.78 bits per heavy atom. The van der Waals surface area contributed by atoms with E-state index in [-0.39, 0.29) is 27.1 Å². The van der Waals surface area contributed by atoms with Crippen molar-refractivity contribution in [3.05, 3.63) is 56.6 Å². The van der Waals surface area contributed by atoms with Gasteiger partial charge in [-0.05, 0) is 53.0 Å². The molecule has 0 aliphatic heterocycles. The summed E-state index contributed by atoms with van der Waals surface area (Å²) in [4.78, 5) is 10.1. The Morgan fingerprint density at radius 2 is 2.09 bits per heavy atom. The van der Waals surface area contributed by atoms with Gasteiger partial charge in [-0.3, -0.25) is 10.1 Å². The molecule has 2 aliphatic carbocycles. The van der Waals surface area contributed by atoms with Gasteiger partial charge in [-0.25, -0.2) is 13.1 Å². The summed E-state index contributed by atoms with van der Waals surface area (Å²) in [7, 11) is -3.72. The molecule has 0 spiro atoms. The summed E-state index contributed by atoms with van der Waals surface area (Å²) >= 11 is 6.64. The van der Waals surface area contributed by atoms with Crippen LogP contribution in [0.2, 0.25) is 5.02 Å². The monoisotopic (exact) mass is 370 g/mol. The first-order valence-corrected chi connectivity index (χ1v) is 9.59.